The van der Waals surface area contributed by atoms with Crippen LogP contribution in [-0.4, -0.2) is 58.0 Å². The number of carbonyl (C=O) groups is 1. The summed E-state index contributed by atoms with van der Waals surface area (Å²) >= 11 is 1.74. The Hall–Kier alpha value is -1.20. The van der Waals surface area contributed by atoms with Crippen molar-refractivity contribution >= 4 is 17.7 Å². The molecule has 1 saturated carbocycles. The Morgan fingerprint density at radius 3 is 2.32 bits per heavy atom. The lowest BCUT2D eigenvalue weighted by molar-refractivity contribution is -0.137. The molecule has 1 heterocycles. The van der Waals surface area contributed by atoms with Crippen LogP contribution >= 0.6 is 11.8 Å². The van der Waals surface area contributed by atoms with Gasteiger partial charge in [-0.25, -0.2) is 0 Å². The monoisotopic (exact) mass is 320 g/mol. The molecule has 2 fully saturated rings. The Bertz CT molecular complexity index is 514. The van der Waals surface area contributed by atoms with Gasteiger partial charge in [0.05, 0.1) is 4.75 Å². The molecule has 22 heavy (non-hydrogen) atoms. The maximum Gasteiger partial charge on any atom is 0.238 e. The predicted molar refractivity (Wildman–Crippen MR) is 90.1 cm³/mol. The van der Waals surface area contributed by atoms with E-state index in [1.165, 1.54) is 12.0 Å². The number of hydrogen-bond acceptors (Lipinski definition) is 4. The molecule has 1 aromatic carbocycles. The summed E-state index contributed by atoms with van der Waals surface area (Å²) in [6.45, 7) is 4.41. The van der Waals surface area contributed by atoms with Crippen LogP contribution in [0.2, 0.25) is 0 Å². The number of rotatable bonds is 4. The van der Waals surface area contributed by atoms with Gasteiger partial charge in [-0.1, -0.05) is 12.1 Å². The zero-order chi connectivity index (χ0) is 15.6. The van der Waals surface area contributed by atoms with E-state index >= 15 is 0 Å². The zero-order valence-electron chi connectivity index (χ0n) is 13.1. The van der Waals surface area contributed by atoms with E-state index in [4.69, 9.17) is 0 Å². The first kappa shape index (κ1) is 15.7. The molecule has 1 aliphatic carbocycles. The van der Waals surface area contributed by atoms with Crippen LogP contribution in [0.3, 0.4) is 0 Å². The first-order chi connectivity index (χ1) is 10.6. The van der Waals surface area contributed by atoms with Crippen LogP contribution in [0.25, 0.3) is 0 Å². The van der Waals surface area contributed by atoms with Gasteiger partial charge in [0.2, 0.25) is 5.91 Å². The lowest BCUT2D eigenvalue weighted by Gasteiger charge is -2.44. The van der Waals surface area contributed by atoms with Crippen molar-refractivity contribution in [3.05, 3.63) is 29.8 Å². The summed E-state index contributed by atoms with van der Waals surface area (Å²) in [4.78, 5) is 17.1. The van der Waals surface area contributed by atoms with E-state index in [1.807, 2.05) is 12.1 Å². The van der Waals surface area contributed by atoms with Crippen molar-refractivity contribution in [1.82, 2.24) is 9.80 Å². The van der Waals surface area contributed by atoms with Crippen LogP contribution in [0, 0.1) is 0 Å². The lowest BCUT2D eigenvalue weighted by atomic mass is 9.83. The van der Waals surface area contributed by atoms with Gasteiger partial charge in [-0.15, -0.1) is 11.8 Å². The fourth-order valence-corrected chi connectivity index (χ4v) is 4.26. The molecule has 1 aromatic rings. The predicted octanol–water partition coefficient (Wildman–Crippen LogP) is 2.32. The van der Waals surface area contributed by atoms with E-state index in [2.05, 4.69) is 16.1 Å². The van der Waals surface area contributed by atoms with Crippen molar-refractivity contribution in [2.24, 2.45) is 0 Å². The van der Waals surface area contributed by atoms with Crippen molar-refractivity contribution in [1.29, 1.82) is 0 Å². The minimum Gasteiger partial charge on any atom is -0.508 e. The first-order valence-corrected chi connectivity index (χ1v) is 9.20. The van der Waals surface area contributed by atoms with E-state index in [9.17, 15) is 9.90 Å². The van der Waals surface area contributed by atoms with Gasteiger partial charge in [0, 0.05) is 32.7 Å². The maximum atomic E-state index is 12.7. The standard InChI is InChI=1S/C17H24N2O2S/c1-22-17(7-2-8-17)16(21)19-11-9-18(10-12-19)13-14-3-5-15(20)6-4-14/h3-6,20H,2,7-13H2,1H3. The number of phenols is 1. The highest BCUT2D eigenvalue weighted by Gasteiger charge is 2.46. The molecule has 5 heteroatoms. The van der Waals surface area contributed by atoms with Gasteiger partial charge in [-0.3, -0.25) is 9.69 Å². The van der Waals surface area contributed by atoms with Crippen molar-refractivity contribution in [3.63, 3.8) is 0 Å². The first-order valence-electron chi connectivity index (χ1n) is 7.98. The third-order valence-electron chi connectivity index (χ3n) is 4.94. The molecule has 4 nitrogen and oxygen atoms in total. The molecule has 1 N–H and O–H groups in total. The highest BCUT2D eigenvalue weighted by atomic mass is 32.2. The lowest BCUT2D eigenvalue weighted by Crippen LogP contribution is -2.56. The molecule has 0 spiro atoms. The second-order valence-corrected chi connectivity index (χ2v) is 7.48. The van der Waals surface area contributed by atoms with Gasteiger partial charge < -0.3 is 10.0 Å². The Balaban J connectivity index is 1.52. The van der Waals surface area contributed by atoms with Crippen LogP contribution in [0.4, 0.5) is 0 Å². The number of thioether (sulfide) groups is 1. The van der Waals surface area contributed by atoms with Crippen molar-refractivity contribution in [2.75, 3.05) is 32.4 Å². The molecule has 0 radical (unpaired) electrons. The van der Waals surface area contributed by atoms with Gasteiger partial charge >= 0.3 is 0 Å². The number of hydrogen-bond donors (Lipinski definition) is 1. The van der Waals surface area contributed by atoms with Crippen molar-refractivity contribution < 1.29 is 9.90 Å². The summed E-state index contributed by atoms with van der Waals surface area (Å²) < 4.78 is -0.112. The maximum absolute atomic E-state index is 12.7. The average Bonchev–Trinajstić information content (AvgIpc) is 2.50. The number of amides is 1. The molecule has 0 aromatic heterocycles. The summed E-state index contributed by atoms with van der Waals surface area (Å²) in [6, 6.07) is 7.38. The van der Waals surface area contributed by atoms with Gasteiger partial charge in [-0.05, 0) is 43.2 Å². The Kier molecular flexibility index (Phi) is 4.64. The summed E-state index contributed by atoms with van der Waals surface area (Å²) in [5.74, 6) is 0.664. The molecule has 2 aliphatic rings. The smallest absolute Gasteiger partial charge is 0.238 e. The highest BCUT2D eigenvalue weighted by molar-refractivity contribution is 8.00. The van der Waals surface area contributed by atoms with E-state index in [0.29, 0.717) is 11.7 Å². The number of aromatic hydroxyl groups is 1. The molecule has 1 saturated heterocycles. The Morgan fingerprint density at radius 1 is 1.18 bits per heavy atom. The molecular weight excluding hydrogens is 296 g/mol. The average molecular weight is 320 g/mol. The van der Waals surface area contributed by atoms with E-state index < -0.39 is 0 Å². The number of carbonyl (C=O) groups excluding carboxylic acids is 1. The summed E-state index contributed by atoms with van der Waals surface area (Å²) in [5.41, 5.74) is 1.21. The van der Waals surface area contributed by atoms with Crippen LogP contribution in [0.15, 0.2) is 24.3 Å². The fourth-order valence-electron chi connectivity index (χ4n) is 3.26. The van der Waals surface area contributed by atoms with E-state index in [-0.39, 0.29) is 4.75 Å². The zero-order valence-corrected chi connectivity index (χ0v) is 13.9. The van der Waals surface area contributed by atoms with Gasteiger partial charge in [-0.2, -0.15) is 0 Å². The molecule has 1 aliphatic heterocycles. The topological polar surface area (TPSA) is 43.8 Å². The Labute approximate surface area is 136 Å². The third kappa shape index (κ3) is 3.10. The largest absolute Gasteiger partial charge is 0.508 e. The normalized spacial score (nSPS) is 21.4. The van der Waals surface area contributed by atoms with Gasteiger partial charge in [0.1, 0.15) is 5.75 Å². The molecular formula is C17H24N2O2S. The van der Waals surface area contributed by atoms with E-state index in [1.54, 1.807) is 23.9 Å². The fraction of sp³-hybridized carbons (Fsp3) is 0.588. The second kappa shape index (κ2) is 6.50. The van der Waals surface area contributed by atoms with Crippen LogP contribution in [0.5, 0.6) is 5.75 Å². The molecule has 0 unspecified atom stereocenters. The summed E-state index contributed by atoms with van der Waals surface area (Å²) in [6.07, 6.45) is 5.34. The molecule has 0 bridgehead atoms. The number of phenolic OH excluding ortho intramolecular Hbond substituents is 1. The second-order valence-electron chi connectivity index (χ2n) is 6.29. The van der Waals surface area contributed by atoms with E-state index in [0.717, 1.165) is 45.6 Å². The van der Waals surface area contributed by atoms with Gasteiger partial charge in [0.15, 0.2) is 0 Å². The number of nitrogens with zero attached hydrogens (tertiary/aromatic N) is 2. The third-order valence-corrected chi connectivity index (χ3v) is 6.31. The minimum atomic E-state index is -0.112. The minimum absolute atomic E-state index is 0.112. The van der Waals surface area contributed by atoms with Crippen LogP contribution in [0.1, 0.15) is 24.8 Å². The molecule has 1 amide bonds. The Morgan fingerprint density at radius 2 is 1.82 bits per heavy atom. The van der Waals surface area contributed by atoms with Gasteiger partial charge in [0.25, 0.3) is 0 Å². The molecule has 0 atom stereocenters. The number of piperazine rings is 1. The highest BCUT2D eigenvalue weighted by Crippen LogP contribution is 2.44. The van der Waals surface area contributed by atoms with Crippen LogP contribution in [-0.2, 0) is 11.3 Å². The SMILES string of the molecule is CSC1(C(=O)N2CCN(Cc3ccc(O)cc3)CC2)CCC1. The van der Waals surface area contributed by atoms with Crippen molar-refractivity contribution in [3.8, 4) is 5.75 Å². The van der Waals surface area contributed by atoms with Crippen molar-refractivity contribution in [2.45, 2.75) is 30.6 Å². The summed E-state index contributed by atoms with van der Waals surface area (Å²) in [5, 5.41) is 9.33. The molecule has 120 valence electrons. The number of benzene rings is 1. The molecule has 3 rings (SSSR count). The summed E-state index contributed by atoms with van der Waals surface area (Å²) in [7, 11) is 0. The quantitative estimate of drug-likeness (QED) is 0.925. The van der Waals surface area contributed by atoms with Crippen LogP contribution < -0.4 is 0 Å².